The predicted molar refractivity (Wildman–Crippen MR) is 63.7 cm³/mol. The Kier molecular flexibility index (Phi) is 4.55. The second-order valence-corrected chi connectivity index (χ2v) is 3.80. The summed E-state index contributed by atoms with van der Waals surface area (Å²) in [7, 11) is 0. The quantitative estimate of drug-likeness (QED) is 0.381. The van der Waals surface area contributed by atoms with E-state index in [2.05, 4.69) is 0 Å². The summed E-state index contributed by atoms with van der Waals surface area (Å²) in [5.41, 5.74) is 1.83. The number of carbonyl (C=O) groups is 1. The molecule has 1 aromatic heterocycles. The number of nitrogens with two attached hydrogens (primary N) is 1. The van der Waals surface area contributed by atoms with Gasteiger partial charge in [0.2, 0.25) is 0 Å². The first-order chi connectivity index (χ1) is 8.15. The van der Waals surface area contributed by atoms with E-state index in [0.29, 0.717) is 6.61 Å². The SMILES string of the molecule is CCOC(=O)C[n+]1c(C)n(N)c2ccccc21.[Cl-]. The van der Waals surface area contributed by atoms with E-state index in [-0.39, 0.29) is 24.9 Å². The van der Waals surface area contributed by atoms with Crippen molar-refractivity contribution in [3.05, 3.63) is 30.1 Å². The lowest BCUT2D eigenvalue weighted by atomic mass is 10.3. The van der Waals surface area contributed by atoms with Crippen LogP contribution in [0, 0.1) is 6.92 Å². The molecule has 0 saturated carbocycles. The Hall–Kier alpha value is -1.75. The monoisotopic (exact) mass is 269 g/mol. The minimum atomic E-state index is -0.253. The van der Waals surface area contributed by atoms with Crippen molar-refractivity contribution in [2.75, 3.05) is 12.4 Å². The van der Waals surface area contributed by atoms with Gasteiger partial charge in [0.05, 0.1) is 6.61 Å². The molecular weight excluding hydrogens is 254 g/mol. The van der Waals surface area contributed by atoms with Gasteiger partial charge in [0.25, 0.3) is 5.82 Å². The van der Waals surface area contributed by atoms with E-state index in [1.807, 2.05) is 35.8 Å². The summed E-state index contributed by atoms with van der Waals surface area (Å²) < 4.78 is 8.38. The molecule has 1 aromatic carbocycles. The van der Waals surface area contributed by atoms with E-state index >= 15 is 0 Å². The zero-order chi connectivity index (χ0) is 12.4. The summed E-state index contributed by atoms with van der Waals surface area (Å²) >= 11 is 0. The largest absolute Gasteiger partial charge is 1.00 e. The summed E-state index contributed by atoms with van der Waals surface area (Å²) in [5.74, 6) is 6.50. The Morgan fingerprint density at radius 3 is 2.78 bits per heavy atom. The van der Waals surface area contributed by atoms with Gasteiger partial charge in [-0.05, 0) is 19.1 Å². The molecular formula is C12H16ClN3O2. The predicted octanol–water partition coefficient (Wildman–Crippen LogP) is -2.48. The van der Waals surface area contributed by atoms with Crippen molar-refractivity contribution in [3.8, 4) is 0 Å². The molecule has 0 fully saturated rings. The number of imidazole rings is 1. The number of ether oxygens (including phenoxy) is 1. The number of carbonyl (C=O) groups excluding carboxylic acids is 1. The van der Waals surface area contributed by atoms with Crippen LogP contribution in [0.25, 0.3) is 11.0 Å². The molecule has 5 nitrogen and oxygen atoms in total. The third-order valence-electron chi connectivity index (χ3n) is 2.76. The van der Waals surface area contributed by atoms with Crippen LogP contribution in [0.5, 0.6) is 0 Å². The maximum atomic E-state index is 11.5. The third kappa shape index (κ3) is 2.41. The first-order valence-electron chi connectivity index (χ1n) is 5.55. The second kappa shape index (κ2) is 5.73. The number of nitrogens with zero attached hydrogens (tertiary/aromatic N) is 2. The van der Waals surface area contributed by atoms with Crippen LogP contribution in [0.15, 0.2) is 24.3 Å². The topological polar surface area (TPSA) is 61.1 Å². The first-order valence-corrected chi connectivity index (χ1v) is 5.55. The molecule has 0 amide bonds. The maximum Gasteiger partial charge on any atom is 0.348 e. The molecule has 0 aliphatic carbocycles. The average molecular weight is 270 g/mol. The lowest BCUT2D eigenvalue weighted by Gasteiger charge is -2.00. The Labute approximate surface area is 112 Å². The Balaban J connectivity index is 0.00000162. The first kappa shape index (κ1) is 14.3. The van der Waals surface area contributed by atoms with Gasteiger partial charge in [0.1, 0.15) is 0 Å². The van der Waals surface area contributed by atoms with Crippen LogP contribution in [0.2, 0.25) is 0 Å². The molecule has 0 aliphatic rings. The highest BCUT2D eigenvalue weighted by Gasteiger charge is 2.21. The molecule has 0 saturated heterocycles. The average Bonchev–Trinajstić information content (AvgIpc) is 2.56. The van der Waals surface area contributed by atoms with Gasteiger partial charge in [-0.2, -0.15) is 0 Å². The summed E-state index contributed by atoms with van der Waals surface area (Å²) in [4.78, 5) is 11.5. The van der Waals surface area contributed by atoms with E-state index in [1.165, 1.54) is 0 Å². The molecule has 18 heavy (non-hydrogen) atoms. The summed E-state index contributed by atoms with van der Waals surface area (Å²) in [5, 5.41) is 0. The molecule has 2 rings (SSSR count). The molecule has 0 aliphatic heterocycles. The summed E-state index contributed by atoms with van der Waals surface area (Å²) in [6, 6.07) is 7.69. The third-order valence-corrected chi connectivity index (χ3v) is 2.76. The molecule has 0 atom stereocenters. The van der Waals surface area contributed by atoms with Gasteiger partial charge in [-0.1, -0.05) is 12.1 Å². The molecule has 2 N–H and O–H groups in total. The van der Waals surface area contributed by atoms with Gasteiger partial charge in [-0.15, -0.1) is 4.68 Å². The number of benzene rings is 1. The van der Waals surface area contributed by atoms with Crippen molar-refractivity contribution in [2.24, 2.45) is 0 Å². The van der Waals surface area contributed by atoms with Crippen molar-refractivity contribution < 1.29 is 26.5 Å². The number of esters is 1. The minimum Gasteiger partial charge on any atom is -1.00 e. The van der Waals surface area contributed by atoms with Crippen LogP contribution in [0.1, 0.15) is 12.7 Å². The number of nitrogen functional groups attached to an aromatic ring is 1. The van der Waals surface area contributed by atoms with Crippen molar-refractivity contribution in [1.82, 2.24) is 4.68 Å². The molecule has 98 valence electrons. The normalized spacial score (nSPS) is 10.1. The van der Waals surface area contributed by atoms with Crippen LogP contribution in [0.4, 0.5) is 0 Å². The highest BCUT2D eigenvalue weighted by molar-refractivity contribution is 5.73. The molecule has 0 radical (unpaired) electrons. The standard InChI is InChI=1S/C12H16N3O2.ClH/c1-3-17-12(16)8-14-9(2)15(13)11-7-5-4-6-10(11)14;/h4-7H,3,8,13H2,1-2H3;1H/q+1;/p-1. The fourth-order valence-electron chi connectivity index (χ4n) is 1.91. The number of hydrogen-bond acceptors (Lipinski definition) is 3. The smallest absolute Gasteiger partial charge is 0.348 e. The molecule has 1 heterocycles. The number of aromatic nitrogens is 2. The van der Waals surface area contributed by atoms with E-state index in [1.54, 1.807) is 11.6 Å². The van der Waals surface area contributed by atoms with Crippen molar-refractivity contribution in [1.29, 1.82) is 0 Å². The van der Waals surface area contributed by atoms with Crippen LogP contribution in [-0.4, -0.2) is 17.3 Å². The van der Waals surface area contributed by atoms with Crippen molar-refractivity contribution >= 4 is 17.0 Å². The van der Waals surface area contributed by atoms with Crippen LogP contribution in [-0.2, 0) is 16.1 Å². The Bertz CT molecular complexity index is 566. The summed E-state index contributed by atoms with van der Waals surface area (Å²) in [6.07, 6.45) is 0. The number of hydrogen-bond donors (Lipinski definition) is 1. The molecule has 2 aromatic rings. The van der Waals surface area contributed by atoms with Crippen LogP contribution < -0.4 is 22.8 Å². The Morgan fingerprint density at radius 2 is 2.11 bits per heavy atom. The number of halogens is 1. The lowest BCUT2D eigenvalue weighted by molar-refractivity contribution is -0.667. The Morgan fingerprint density at radius 1 is 1.44 bits per heavy atom. The highest BCUT2D eigenvalue weighted by atomic mass is 35.5. The van der Waals surface area contributed by atoms with Crippen LogP contribution >= 0.6 is 0 Å². The van der Waals surface area contributed by atoms with E-state index in [9.17, 15) is 4.79 Å². The van der Waals surface area contributed by atoms with Gasteiger partial charge < -0.3 is 17.1 Å². The van der Waals surface area contributed by atoms with Crippen molar-refractivity contribution in [3.63, 3.8) is 0 Å². The lowest BCUT2D eigenvalue weighted by Crippen LogP contribution is -3.00. The number of para-hydroxylation sites is 2. The molecule has 0 unspecified atom stereocenters. The van der Waals surface area contributed by atoms with Gasteiger partial charge >= 0.3 is 5.97 Å². The fourth-order valence-corrected chi connectivity index (χ4v) is 1.91. The molecule has 6 heteroatoms. The van der Waals surface area contributed by atoms with Crippen molar-refractivity contribution in [2.45, 2.75) is 20.4 Å². The zero-order valence-electron chi connectivity index (χ0n) is 10.4. The fraction of sp³-hybridized carbons (Fsp3) is 0.333. The van der Waals surface area contributed by atoms with Gasteiger partial charge in [-0.25, -0.2) is 9.36 Å². The van der Waals surface area contributed by atoms with E-state index in [0.717, 1.165) is 16.9 Å². The highest BCUT2D eigenvalue weighted by Crippen LogP contribution is 2.10. The van der Waals surface area contributed by atoms with Gasteiger partial charge in [0.15, 0.2) is 17.6 Å². The zero-order valence-corrected chi connectivity index (χ0v) is 11.1. The number of fused-ring (bicyclic) bond motifs is 1. The number of rotatable bonds is 3. The second-order valence-electron chi connectivity index (χ2n) is 3.80. The summed E-state index contributed by atoms with van der Waals surface area (Å²) in [6.45, 7) is 4.24. The van der Waals surface area contributed by atoms with Gasteiger partial charge in [-0.3, -0.25) is 5.84 Å². The maximum absolute atomic E-state index is 11.5. The minimum absolute atomic E-state index is 0. The molecule has 0 spiro atoms. The van der Waals surface area contributed by atoms with E-state index in [4.69, 9.17) is 10.6 Å². The molecule has 0 bridgehead atoms. The van der Waals surface area contributed by atoms with Crippen LogP contribution in [0.3, 0.4) is 0 Å². The van der Waals surface area contributed by atoms with E-state index < -0.39 is 0 Å². The van der Waals surface area contributed by atoms with Gasteiger partial charge in [0, 0.05) is 6.92 Å².